The number of nitrogens with one attached hydrogen (secondary N) is 1. The monoisotopic (exact) mass is 341 g/mol. The second-order valence-corrected chi connectivity index (χ2v) is 6.93. The number of hydrogen-bond donors (Lipinski definition) is 1. The first-order valence-electron chi connectivity index (χ1n) is 7.44. The van der Waals surface area contributed by atoms with Crippen molar-refractivity contribution in [3.63, 3.8) is 0 Å². The van der Waals surface area contributed by atoms with Crippen molar-refractivity contribution in [1.82, 2.24) is 5.32 Å². The van der Waals surface area contributed by atoms with Crippen LogP contribution in [0.2, 0.25) is 0 Å². The smallest absolute Gasteiger partial charge is 0.0623 e. The fourth-order valence-electron chi connectivity index (χ4n) is 2.31. The quantitative estimate of drug-likeness (QED) is 0.717. The van der Waals surface area contributed by atoms with Gasteiger partial charge in [0.25, 0.3) is 0 Å². The Morgan fingerprint density at radius 3 is 2.60 bits per heavy atom. The molecule has 1 N–H and O–H groups in total. The van der Waals surface area contributed by atoms with Gasteiger partial charge in [-0.1, -0.05) is 28.9 Å². The first-order chi connectivity index (χ1) is 9.39. The Labute approximate surface area is 132 Å². The summed E-state index contributed by atoms with van der Waals surface area (Å²) in [4.78, 5) is 0. The van der Waals surface area contributed by atoms with Crippen LogP contribution in [0, 0.1) is 6.92 Å². The van der Waals surface area contributed by atoms with Crippen LogP contribution in [0.15, 0.2) is 22.7 Å². The molecule has 0 fully saturated rings. The van der Waals surface area contributed by atoms with Crippen molar-refractivity contribution in [3.05, 3.63) is 33.8 Å². The summed E-state index contributed by atoms with van der Waals surface area (Å²) in [5.74, 6) is 0. The molecule has 0 heterocycles. The largest absolute Gasteiger partial charge is 0.379 e. The van der Waals surface area contributed by atoms with Crippen molar-refractivity contribution in [2.75, 3.05) is 13.7 Å². The molecule has 0 spiro atoms. The normalized spacial score (nSPS) is 13.5. The van der Waals surface area contributed by atoms with Gasteiger partial charge in [-0.25, -0.2) is 0 Å². The number of rotatable bonds is 8. The highest BCUT2D eigenvalue weighted by Crippen LogP contribution is 2.28. The Balaban J connectivity index is 2.82. The van der Waals surface area contributed by atoms with E-state index < -0.39 is 0 Å². The van der Waals surface area contributed by atoms with Crippen LogP contribution in [0.4, 0.5) is 0 Å². The molecule has 1 atom stereocenters. The Hall–Kier alpha value is -0.380. The molecular formula is C17H28BrNO. The summed E-state index contributed by atoms with van der Waals surface area (Å²) in [6.45, 7) is 9.74. The zero-order valence-electron chi connectivity index (χ0n) is 13.4. The fourth-order valence-corrected chi connectivity index (χ4v) is 2.79. The molecule has 0 radical (unpaired) electrons. The van der Waals surface area contributed by atoms with Gasteiger partial charge < -0.3 is 10.1 Å². The number of methoxy groups -OCH3 is 1. The minimum absolute atomic E-state index is 0.0601. The van der Waals surface area contributed by atoms with Crippen LogP contribution in [0.1, 0.15) is 57.2 Å². The highest BCUT2D eigenvalue weighted by Gasteiger charge is 2.20. The average molecular weight is 342 g/mol. The molecule has 1 aromatic carbocycles. The van der Waals surface area contributed by atoms with Crippen LogP contribution >= 0.6 is 15.9 Å². The third-order valence-corrected chi connectivity index (χ3v) is 4.33. The predicted octanol–water partition coefficient (Wildman–Crippen LogP) is 5.00. The molecule has 3 heteroatoms. The summed E-state index contributed by atoms with van der Waals surface area (Å²) in [5.41, 5.74) is 2.67. The molecule has 0 saturated carbocycles. The minimum Gasteiger partial charge on any atom is -0.379 e. The second-order valence-electron chi connectivity index (χ2n) is 6.01. The van der Waals surface area contributed by atoms with E-state index in [4.69, 9.17) is 4.74 Å². The first kappa shape index (κ1) is 17.7. The van der Waals surface area contributed by atoms with Crippen LogP contribution in [-0.4, -0.2) is 19.3 Å². The number of halogens is 1. The number of aryl methyl sites for hydroxylation is 1. The summed E-state index contributed by atoms with van der Waals surface area (Å²) in [5, 5.41) is 3.67. The second kappa shape index (κ2) is 8.16. The molecule has 1 aromatic rings. The van der Waals surface area contributed by atoms with Gasteiger partial charge >= 0.3 is 0 Å². The van der Waals surface area contributed by atoms with Gasteiger partial charge in [0, 0.05) is 17.6 Å². The summed E-state index contributed by atoms with van der Waals surface area (Å²) in [7, 11) is 1.79. The third kappa shape index (κ3) is 5.55. The van der Waals surface area contributed by atoms with E-state index in [1.807, 2.05) is 0 Å². The van der Waals surface area contributed by atoms with Crippen LogP contribution < -0.4 is 5.32 Å². The highest BCUT2D eigenvalue weighted by molar-refractivity contribution is 9.10. The highest BCUT2D eigenvalue weighted by atomic mass is 79.9. The molecule has 114 valence electrons. The van der Waals surface area contributed by atoms with Crippen LogP contribution in [0.5, 0.6) is 0 Å². The van der Waals surface area contributed by atoms with Gasteiger partial charge in [0.1, 0.15) is 0 Å². The zero-order valence-corrected chi connectivity index (χ0v) is 15.0. The Morgan fingerprint density at radius 1 is 1.35 bits per heavy atom. The molecule has 1 unspecified atom stereocenters. The van der Waals surface area contributed by atoms with Crippen molar-refractivity contribution in [1.29, 1.82) is 0 Å². The van der Waals surface area contributed by atoms with Crippen LogP contribution in [-0.2, 0) is 4.74 Å². The van der Waals surface area contributed by atoms with Gasteiger partial charge in [-0.3, -0.25) is 0 Å². The van der Waals surface area contributed by atoms with Gasteiger partial charge in [-0.15, -0.1) is 0 Å². The molecule has 1 rings (SSSR count). The van der Waals surface area contributed by atoms with Gasteiger partial charge in [-0.2, -0.15) is 0 Å². The van der Waals surface area contributed by atoms with E-state index in [-0.39, 0.29) is 5.60 Å². The number of benzene rings is 1. The van der Waals surface area contributed by atoms with E-state index in [2.05, 4.69) is 67.1 Å². The Bertz CT molecular complexity index is 417. The fraction of sp³-hybridized carbons (Fsp3) is 0.647. The molecule has 20 heavy (non-hydrogen) atoms. The predicted molar refractivity (Wildman–Crippen MR) is 90.2 cm³/mol. The molecule has 0 saturated heterocycles. The van der Waals surface area contributed by atoms with Crippen molar-refractivity contribution in [3.8, 4) is 0 Å². The van der Waals surface area contributed by atoms with Crippen molar-refractivity contribution in [2.24, 2.45) is 0 Å². The topological polar surface area (TPSA) is 21.3 Å². The average Bonchev–Trinajstić information content (AvgIpc) is 2.40. The standard InChI is InChI=1S/C17H28BrNO/c1-6-11-19-16(9-10-17(3,4)20-5)15-8-7-14(18)12-13(15)2/h7-8,12,16,19H,6,9-11H2,1-5H3. The van der Waals surface area contributed by atoms with E-state index in [9.17, 15) is 0 Å². The number of ether oxygens (including phenoxy) is 1. The summed E-state index contributed by atoms with van der Waals surface area (Å²) in [6.07, 6.45) is 3.28. The van der Waals surface area contributed by atoms with Gasteiger partial charge in [0.05, 0.1) is 5.60 Å². The third-order valence-electron chi connectivity index (χ3n) is 3.84. The van der Waals surface area contributed by atoms with Gasteiger partial charge in [-0.05, 0) is 69.8 Å². The number of hydrogen-bond acceptors (Lipinski definition) is 2. The lowest BCUT2D eigenvalue weighted by Crippen LogP contribution is -2.28. The summed E-state index contributed by atoms with van der Waals surface area (Å²) in [6, 6.07) is 6.95. The van der Waals surface area contributed by atoms with Gasteiger partial charge in [0.15, 0.2) is 0 Å². The van der Waals surface area contributed by atoms with E-state index >= 15 is 0 Å². The molecule has 0 amide bonds. The lowest BCUT2D eigenvalue weighted by atomic mass is 9.92. The van der Waals surface area contributed by atoms with Crippen LogP contribution in [0.25, 0.3) is 0 Å². The Kier molecular flexibility index (Phi) is 7.21. The molecule has 0 aromatic heterocycles. The van der Waals surface area contributed by atoms with E-state index in [0.717, 1.165) is 30.3 Å². The lowest BCUT2D eigenvalue weighted by Gasteiger charge is -2.27. The summed E-state index contributed by atoms with van der Waals surface area (Å²) < 4.78 is 6.69. The van der Waals surface area contributed by atoms with Crippen molar-refractivity contribution >= 4 is 15.9 Å². The lowest BCUT2D eigenvalue weighted by molar-refractivity contribution is 0.0116. The van der Waals surface area contributed by atoms with E-state index in [1.165, 1.54) is 11.1 Å². The molecule has 0 aliphatic heterocycles. The molecule has 0 bridgehead atoms. The minimum atomic E-state index is -0.0601. The summed E-state index contributed by atoms with van der Waals surface area (Å²) >= 11 is 3.54. The molecule has 0 aliphatic carbocycles. The molecular weight excluding hydrogens is 314 g/mol. The van der Waals surface area contributed by atoms with Crippen molar-refractivity contribution < 1.29 is 4.74 Å². The van der Waals surface area contributed by atoms with Gasteiger partial charge in [0.2, 0.25) is 0 Å². The maximum Gasteiger partial charge on any atom is 0.0623 e. The maximum atomic E-state index is 5.54. The van der Waals surface area contributed by atoms with Crippen molar-refractivity contribution in [2.45, 2.75) is 58.6 Å². The molecule has 0 aliphatic rings. The van der Waals surface area contributed by atoms with E-state index in [1.54, 1.807) is 7.11 Å². The Morgan fingerprint density at radius 2 is 2.05 bits per heavy atom. The maximum absolute atomic E-state index is 5.54. The van der Waals surface area contributed by atoms with E-state index in [0.29, 0.717) is 6.04 Å². The van der Waals surface area contributed by atoms with Crippen LogP contribution in [0.3, 0.4) is 0 Å². The molecule has 2 nitrogen and oxygen atoms in total. The zero-order chi connectivity index (χ0) is 15.2. The SMILES string of the molecule is CCCNC(CCC(C)(C)OC)c1ccc(Br)cc1C. The first-order valence-corrected chi connectivity index (χ1v) is 8.23.